The molecule has 0 aliphatic rings. The number of nitrogens with two attached hydrogens (primary N) is 1. The summed E-state index contributed by atoms with van der Waals surface area (Å²) in [7, 11) is 0. The summed E-state index contributed by atoms with van der Waals surface area (Å²) in [5, 5.41) is 11.4. The summed E-state index contributed by atoms with van der Waals surface area (Å²) < 4.78 is 0. The van der Waals surface area contributed by atoms with Crippen molar-refractivity contribution in [3.8, 4) is 0 Å². The van der Waals surface area contributed by atoms with E-state index in [-0.39, 0.29) is 16.5 Å². The first-order chi connectivity index (χ1) is 7.63. The number of fused-ring (bicyclic) bond motifs is 1. The van der Waals surface area contributed by atoms with Crippen LogP contribution in [-0.2, 0) is 0 Å². The Balaban J connectivity index is 2.53. The third-order valence-electron chi connectivity index (χ3n) is 2.80. The molecule has 0 spiro atoms. The van der Waals surface area contributed by atoms with Gasteiger partial charge in [0.25, 0.3) is 5.69 Å². The maximum atomic E-state index is 10.7. The highest BCUT2D eigenvalue weighted by atomic mass is 16.6. The van der Waals surface area contributed by atoms with Crippen LogP contribution in [0.25, 0.3) is 10.9 Å². The summed E-state index contributed by atoms with van der Waals surface area (Å²) in [5.74, 6) is 0.256. The molecular formula is C11H13N3O2. The molecule has 5 nitrogen and oxygen atoms in total. The molecule has 1 unspecified atom stereocenters. The fraction of sp³-hybridized carbons (Fsp3) is 0.273. The summed E-state index contributed by atoms with van der Waals surface area (Å²) in [4.78, 5) is 13.2. The lowest BCUT2D eigenvalue weighted by Gasteiger charge is -2.07. The molecule has 16 heavy (non-hydrogen) atoms. The van der Waals surface area contributed by atoms with Gasteiger partial charge in [0.15, 0.2) is 0 Å². The second-order valence-corrected chi connectivity index (χ2v) is 3.87. The third kappa shape index (κ3) is 1.65. The maximum Gasteiger partial charge on any atom is 0.294 e. The molecule has 1 aromatic carbocycles. The van der Waals surface area contributed by atoms with Crippen LogP contribution in [0.2, 0.25) is 0 Å². The van der Waals surface area contributed by atoms with Crippen molar-refractivity contribution in [3.63, 3.8) is 0 Å². The van der Waals surface area contributed by atoms with Gasteiger partial charge in [0, 0.05) is 0 Å². The van der Waals surface area contributed by atoms with E-state index in [1.54, 1.807) is 6.07 Å². The Morgan fingerprint density at radius 3 is 2.94 bits per heavy atom. The van der Waals surface area contributed by atoms with Crippen molar-refractivity contribution in [1.29, 1.82) is 0 Å². The molecule has 0 radical (unpaired) electrons. The molecule has 5 heteroatoms. The van der Waals surface area contributed by atoms with E-state index in [9.17, 15) is 10.1 Å². The van der Waals surface area contributed by atoms with Crippen molar-refractivity contribution >= 4 is 16.6 Å². The molecule has 2 rings (SSSR count). The first kappa shape index (κ1) is 10.6. The van der Waals surface area contributed by atoms with Crippen LogP contribution >= 0.6 is 0 Å². The van der Waals surface area contributed by atoms with Gasteiger partial charge < -0.3 is 10.7 Å². The van der Waals surface area contributed by atoms with E-state index in [2.05, 4.69) is 4.98 Å². The van der Waals surface area contributed by atoms with Gasteiger partial charge >= 0.3 is 0 Å². The molecule has 1 atom stereocenters. The van der Waals surface area contributed by atoms with E-state index in [1.807, 2.05) is 19.1 Å². The number of rotatable bonds is 3. The van der Waals surface area contributed by atoms with Crippen LogP contribution in [0.15, 0.2) is 24.4 Å². The first-order valence-electron chi connectivity index (χ1n) is 5.09. The Labute approximate surface area is 92.4 Å². The number of aromatic amines is 1. The molecule has 0 fully saturated rings. The van der Waals surface area contributed by atoms with Gasteiger partial charge in [-0.3, -0.25) is 10.1 Å². The monoisotopic (exact) mass is 219 g/mol. The predicted octanol–water partition coefficient (Wildman–Crippen LogP) is 2.14. The van der Waals surface area contributed by atoms with Crippen LogP contribution < -0.4 is 5.73 Å². The Morgan fingerprint density at radius 2 is 2.31 bits per heavy atom. The minimum Gasteiger partial charge on any atom is -0.355 e. The number of nitrogens with one attached hydrogen (secondary N) is 1. The lowest BCUT2D eigenvalue weighted by Crippen LogP contribution is -2.08. The number of H-pyrrole nitrogens is 1. The SMILES string of the molecule is CC(CN)c1ccc2c([N+](=O)[O-])c[nH]c2c1. The molecule has 0 bridgehead atoms. The summed E-state index contributed by atoms with van der Waals surface area (Å²) >= 11 is 0. The molecule has 2 aromatic rings. The Hall–Kier alpha value is -1.88. The van der Waals surface area contributed by atoms with Gasteiger partial charge in [0.05, 0.1) is 22.0 Å². The number of nitro groups is 1. The quantitative estimate of drug-likeness (QED) is 0.612. The number of benzene rings is 1. The minimum atomic E-state index is -0.384. The molecule has 0 saturated carbocycles. The molecule has 0 aliphatic carbocycles. The van der Waals surface area contributed by atoms with Crippen molar-refractivity contribution in [2.24, 2.45) is 5.73 Å². The van der Waals surface area contributed by atoms with E-state index in [4.69, 9.17) is 5.73 Å². The van der Waals surface area contributed by atoms with Crippen LogP contribution in [-0.4, -0.2) is 16.5 Å². The highest BCUT2D eigenvalue weighted by molar-refractivity contribution is 5.89. The summed E-state index contributed by atoms with van der Waals surface area (Å²) in [6.07, 6.45) is 1.42. The minimum absolute atomic E-state index is 0.113. The zero-order valence-electron chi connectivity index (χ0n) is 8.93. The van der Waals surface area contributed by atoms with E-state index in [1.165, 1.54) is 6.20 Å². The number of aromatic nitrogens is 1. The van der Waals surface area contributed by atoms with Crippen molar-refractivity contribution < 1.29 is 4.92 Å². The first-order valence-corrected chi connectivity index (χ1v) is 5.09. The topological polar surface area (TPSA) is 84.9 Å². The van der Waals surface area contributed by atoms with E-state index >= 15 is 0 Å². The van der Waals surface area contributed by atoms with Gasteiger partial charge in [-0.2, -0.15) is 0 Å². The molecule has 84 valence electrons. The molecule has 1 aromatic heterocycles. The Bertz CT molecular complexity index is 533. The zero-order valence-corrected chi connectivity index (χ0v) is 8.93. The van der Waals surface area contributed by atoms with E-state index in [0.29, 0.717) is 11.9 Å². The number of hydrogen-bond acceptors (Lipinski definition) is 3. The van der Waals surface area contributed by atoms with E-state index in [0.717, 1.165) is 11.1 Å². The summed E-state index contributed by atoms with van der Waals surface area (Å²) in [5.41, 5.74) is 7.57. The van der Waals surface area contributed by atoms with Crippen molar-refractivity contribution in [2.45, 2.75) is 12.8 Å². The Morgan fingerprint density at radius 1 is 1.56 bits per heavy atom. The fourth-order valence-corrected chi connectivity index (χ4v) is 1.72. The lowest BCUT2D eigenvalue weighted by molar-refractivity contribution is -0.383. The van der Waals surface area contributed by atoms with Gasteiger partial charge in [0.1, 0.15) is 0 Å². The second-order valence-electron chi connectivity index (χ2n) is 3.87. The smallest absolute Gasteiger partial charge is 0.294 e. The zero-order chi connectivity index (χ0) is 11.7. The van der Waals surface area contributed by atoms with Crippen LogP contribution in [0, 0.1) is 10.1 Å². The van der Waals surface area contributed by atoms with Crippen LogP contribution in [0.1, 0.15) is 18.4 Å². The molecule has 0 amide bonds. The van der Waals surface area contributed by atoms with Crippen LogP contribution in [0.4, 0.5) is 5.69 Å². The standard InChI is InChI=1S/C11H13N3O2/c1-7(5-12)8-2-3-9-10(4-8)13-6-11(9)14(15)16/h2-4,6-7,13H,5,12H2,1H3. The highest BCUT2D eigenvalue weighted by Gasteiger charge is 2.14. The fourth-order valence-electron chi connectivity index (χ4n) is 1.72. The van der Waals surface area contributed by atoms with Gasteiger partial charge in [-0.1, -0.05) is 13.0 Å². The largest absolute Gasteiger partial charge is 0.355 e. The van der Waals surface area contributed by atoms with Crippen molar-refractivity contribution in [1.82, 2.24) is 4.98 Å². The van der Waals surface area contributed by atoms with Crippen molar-refractivity contribution in [3.05, 3.63) is 40.1 Å². The molecule has 1 heterocycles. The highest BCUT2D eigenvalue weighted by Crippen LogP contribution is 2.27. The number of nitrogens with zero attached hydrogens (tertiary/aromatic N) is 1. The normalized spacial score (nSPS) is 12.9. The van der Waals surface area contributed by atoms with Crippen LogP contribution in [0.5, 0.6) is 0 Å². The van der Waals surface area contributed by atoms with Gasteiger partial charge in [-0.05, 0) is 30.2 Å². The summed E-state index contributed by atoms with van der Waals surface area (Å²) in [6, 6.07) is 5.58. The maximum absolute atomic E-state index is 10.7. The lowest BCUT2D eigenvalue weighted by atomic mass is 10.0. The third-order valence-corrected chi connectivity index (χ3v) is 2.80. The second kappa shape index (κ2) is 3.94. The predicted molar refractivity (Wildman–Crippen MR) is 62.4 cm³/mol. The average Bonchev–Trinajstić information content (AvgIpc) is 2.70. The number of hydrogen-bond donors (Lipinski definition) is 2. The van der Waals surface area contributed by atoms with E-state index < -0.39 is 0 Å². The Kier molecular flexibility index (Phi) is 2.62. The van der Waals surface area contributed by atoms with Gasteiger partial charge in [-0.15, -0.1) is 0 Å². The van der Waals surface area contributed by atoms with Gasteiger partial charge in [-0.25, -0.2) is 0 Å². The van der Waals surface area contributed by atoms with Crippen LogP contribution in [0.3, 0.4) is 0 Å². The van der Waals surface area contributed by atoms with Gasteiger partial charge in [0.2, 0.25) is 0 Å². The average molecular weight is 219 g/mol. The summed E-state index contributed by atoms with van der Waals surface area (Å²) in [6.45, 7) is 2.59. The molecule has 0 saturated heterocycles. The van der Waals surface area contributed by atoms with Crippen molar-refractivity contribution in [2.75, 3.05) is 6.54 Å². The molecular weight excluding hydrogens is 206 g/mol. The molecule has 0 aliphatic heterocycles. The molecule has 3 N–H and O–H groups in total.